The van der Waals surface area contributed by atoms with Crippen LogP contribution in [-0.4, -0.2) is 29.0 Å². The van der Waals surface area contributed by atoms with Crippen LogP contribution in [-0.2, 0) is 0 Å². The van der Waals surface area contributed by atoms with Crippen LogP contribution in [0.1, 0.15) is 9.67 Å². The van der Waals surface area contributed by atoms with E-state index in [4.69, 9.17) is 5.11 Å². The van der Waals surface area contributed by atoms with Crippen molar-refractivity contribution in [1.29, 1.82) is 0 Å². The van der Waals surface area contributed by atoms with E-state index in [0.717, 1.165) is 8.66 Å². The first-order valence-corrected chi connectivity index (χ1v) is 6.47. The topological polar surface area (TPSA) is 37.3 Å². The Labute approximate surface area is 93.5 Å². The van der Waals surface area contributed by atoms with Crippen molar-refractivity contribution in [3.05, 3.63) is 20.8 Å². The third-order valence-corrected chi connectivity index (χ3v) is 3.92. The predicted octanol–water partition coefficient (Wildman–Crippen LogP) is 2.42. The van der Waals surface area contributed by atoms with Gasteiger partial charge in [0.05, 0.1) is 21.0 Å². The molecular formula is C8H9BrO2S2. The van der Waals surface area contributed by atoms with Crippen molar-refractivity contribution < 1.29 is 9.90 Å². The van der Waals surface area contributed by atoms with Crippen LogP contribution in [0.2, 0.25) is 0 Å². The molecular weight excluding hydrogens is 272 g/mol. The number of hydrogen-bond acceptors (Lipinski definition) is 4. The van der Waals surface area contributed by atoms with Crippen molar-refractivity contribution in [2.75, 3.05) is 18.1 Å². The van der Waals surface area contributed by atoms with Gasteiger partial charge in [-0.3, -0.25) is 4.79 Å². The molecule has 0 saturated carbocycles. The van der Waals surface area contributed by atoms with Crippen LogP contribution in [0.25, 0.3) is 0 Å². The number of thiophene rings is 1. The van der Waals surface area contributed by atoms with Gasteiger partial charge in [-0.05, 0) is 28.1 Å². The van der Waals surface area contributed by atoms with E-state index in [1.165, 1.54) is 23.1 Å². The molecule has 0 radical (unpaired) electrons. The zero-order valence-electron chi connectivity index (χ0n) is 6.83. The fourth-order valence-corrected chi connectivity index (χ4v) is 2.79. The van der Waals surface area contributed by atoms with Crippen LogP contribution < -0.4 is 0 Å². The molecule has 1 N–H and O–H groups in total. The molecule has 72 valence electrons. The maximum Gasteiger partial charge on any atom is 0.182 e. The smallest absolute Gasteiger partial charge is 0.182 e. The number of thioether (sulfide) groups is 1. The minimum atomic E-state index is 0.131. The van der Waals surface area contributed by atoms with Crippen LogP contribution in [0.15, 0.2) is 15.9 Å². The second-order valence-corrected chi connectivity index (χ2v) is 5.87. The summed E-state index contributed by atoms with van der Waals surface area (Å²) in [7, 11) is 0. The molecule has 0 aliphatic heterocycles. The fraction of sp³-hybridized carbons (Fsp3) is 0.375. The number of Topliss-reactive ketones (excluding diaryl/α,β-unsaturated/α-hetero) is 1. The fourth-order valence-electron chi connectivity index (χ4n) is 0.765. The first kappa shape index (κ1) is 11.2. The molecule has 0 atom stereocenters. The lowest BCUT2D eigenvalue weighted by Gasteiger charge is -1.95. The maximum atomic E-state index is 11.4. The number of rotatable bonds is 5. The van der Waals surface area contributed by atoms with E-state index < -0.39 is 0 Å². The van der Waals surface area contributed by atoms with Crippen molar-refractivity contribution >= 4 is 44.8 Å². The zero-order chi connectivity index (χ0) is 9.68. The van der Waals surface area contributed by atoms with Gasteiger partial charge in [0.15, 0.2) is 5.78 Å². The van der Waals surface area contributed by atoms with Crippen LogP contribution >= 0.6 is 39.0 Å². The van der Waals surface area contributed by atoms with E-state index in [9.17, 15) is 4.79 Å². The highest BCUT2D eigenvalue weighted by Crippen LogP contribution is 2.23. The van der Waals surface area contributed by atoms with E-state index in [2.05, 4.69) is 15.9 Å². The van der Waals surface area contributed by atoms with E-state index >= 15 is 0 Å². The molecule has 0 unspecified atom stereocenters. The Bertz CT molecular complexity index is 285. The van der Waals surface area contributed by atoms with E-state index in [0.29, 0.717) is 11.5 Å². The number of carbonyl (C=O) groups is 1. The van der Waals surface area contributed by atoms with Gasteiger partial charge in [-0.15, -0.1) is 11.3 Å². The molecule has 0 bridgehead atoms. The maximum absolute atomic E-state index is 11.4. The van der Waals surface area contributed by atoms with Crippen LogP contribution in [0, 0.1) is 0 Å². The van der Waals surface area contributed by atoms with Crippen molar-refractivity contribution in [2.24, 2.45) is 0 Å². The standard InChI is InChI=1S/C8H9BrO2S2/c9-8-2-1-7(13-8)6(11)5-12-4-3-10/h1-2,10H,3-5H2. The van der Waals surface area contributed by atoms with Gasteiger partial charge in [-0.1, -0.05) is 0 Å². The van der Waals surface area contributed by atoms with Gasteiger partial charge in [0, 0.05) is 5.75 Å². The molecule has 1 rings (SSSR count). The highest BCUT2D eigenvalue weighted by Gasteiger charge is 2.07. The molecule has 0 aliphatic carbocycles. The molecule has 0 aliphatic rings. The Morgan fingerprint density at radius 2 is 2.38 bits per heavy atom. The number of ketones is 1. The average molecular weight is 281 g/mol. The second-order valence-electron chi connectivity index (χ2n) is 2.30. The highest BCUT2D eigenvalue weighted by atomic mass is 79.9. The Morgan fingerprint density at radius 3 is 2.92 bits per heavy atom. The molecule has 13 heavy (non-hydrogen) atoms. The SMILES string of the molecule is O=C(CSCCO)c1ccc(Br)s1. The monoisotopic (exact) mass is 280 g/mol. The van der Waals surface area contributed by atoms with Gasteiger partial charge < -0.3 is 5.11 Å². The van der Waals surface area contributed by atoms with Crippen molar-refractivity contribution in [3.63, 3.8) is 0 Å². The number of aliphatic hydroxyl groups is 1. The summed E-state index contributed by atoms with van der Waals surface area (Å²) >= 11 is 6.20. The van der Waals surface area contributed by atoms with Crippen molar-refractivity contribution in [1.82, 2.24) is 0 Å². The van der Waals surface area contributed by atoms with Crippen molar-refractivity contribution in [3.8, 4) is 0 Å². The summed E-state index contributed by atoms with van der Waals surface area (Å²) < 4.78 is 0.975. The first-order valence-electron chi connectivity index (χ1n) is 3.71. The third kappa shape index (κ3) is 3.81. The van der Waals surface area contributed by atoms with Gasteiger partial charge >= 0.3 is 0 Å². The molecule has 5 heteroatoms. The Hall–Kier alpha value is 0.160. The number of halogens is 1. The summed E-state index contributed by atoms with van der Waals surface area (Å²) in [5.41, 5.74) is 0. The highest BCUT2D eigenvalue weighted by molar-refractivity contribution is 9.11. The minimum Gasteiger partial charge on any atom is -0.396 e. The minimum absolute atomic E-state index is 0.131. The molecule has 0 aromatic carbocycles. The quantitative estimate of drug-likeness (QED) is 0.665. The molecule has 0 saturated heterocycles. The van der Waals surface area contributed by atoms with E-state index in [1.54, 1.807) is 0 Å². The van der Waals surface area contributed by atoms with Gasteiger partial charge in [0.2, 0.25) is 0 Å². The summed E-state index contributed by atoms with van der Waals surface area (Å²) in [6, 6.07) is 3.69. The Balaban J connectivity index is 2.40. The van der Waals surface area contributed by atoms with Crippen LogP contribution in [0.5, 0.6) is 0 Å². The summed E-state index contributed by atoms with van der Waals surface area (Å²) in [4.78, 5) is 12.2. The lowest BCUT2D eigenvalue weighted by Crippen LogP contribution is -2.01. The predicted molar refractivity (Wildman–Crippen MR) is 60.8 cm³/mol. The molecule has 2 nitrogen and oxygen atoms in total. The molecule has 1 heterocycles. The Morgan fingerprint density at radius 1 is 1.62 bits per heavy atom. The van der Waals surface area contributed by atoms with E-state index in [1.807, 2.05) is 12.1 Å². The molecule has 0 fully saturated rings. The molecule has 1 aromatic heterocycles. The number of carbonyl (C=O) groups excluding carboxylic acids is 1. The second kappa shape index (κ2) is 5.80. The molecule has 0 amide bonds. The van der Waals surface area contributed by atoms with Gasteiger partial charge in [0.25, 0.3) is 0 Å². The van der Waals surface area contributed by atoms with Crippen molar-refractivity contribution in [2.45, 2.75) is 0 Å². The van der Waals surface area contributed by atoms with Gasteiger partial charge in [-0.25, -0.2) is 0 Å². The summed E-state index contributed by atoms with van der Waals surface area (Å²) in [5, 5.41) is 8.52. The normalized spacial score (nSPS) is 10.3. The number of aliphatic hydroxyl groups excluding tert-OH is 1. The third-order valence-electron chi connectivity index (χ3n) is 1.32. The average Bonchev–Trinajstić information content (AvgIpc) is 2.52. The van der Waals surface area contributed by atoms with Crippen LogP contribution in [0.3, 0.4) is 0 Å². The van der Waals surface area contributed by atoms with E-state index in [-0.39, 0.29) is 12.4 Å². The summed E-state index contributed by atoms with van der Waals surface area (Å²) in [6.07, 6.45) is 0. The van der Waals surface area contributed by atoms with Gasteiger partial charge in [-0.2, -0.15) is 11.8 Å². The molecule has 0 spiro atoms. The zero-order valence-corrected chi connectivity index (χ0v) is 10.0. The van der Waals surface area contributed by atoms with Crippen LogP contribution in [0.4, 0.5) is 0 Å². The number of hydrogen-bond donors (Lipinski definition) is 1. The lowest BCUT2D eigenvalue weighted by molar-refractivity contribution is 0.102. The molecule has 1 aromatic rings. The lowest BCUT2D eigenvalue weighted by atomic mass is 10.4. The summed E-state index contributed by atoms with van der Waals surface area (Å²) in [5.74, 6) is 1.21. The first-order chi connectivity index (χ1) is 6.24. The van der Waals surface area contributed by atoms with Gasteiger partial charge in [0.1, 0.15) is 0 Å². The Kier molecular flexibility index (Phi) is 5.01. The largest absolute Gasteiger partial charge is 0.396 e. The summed E-state index contributed by atoms with van der Waals surface area (Å²) in [6.45, 7) is 0.131.